The fourth-order valence-corrected chi connectivity index (χ4v) is 6.00. The lowest BCUT2D eigenvalue weighted by molar-refractivity contribution is 0.116. The first-order valence-electron chi connectivity index (χ1n) is 12.1. The Bertz CT molecular complexity index is 1020. The van der Waals surface area contributed by atoms with Gasteiger partial charge >= 0.3 is 5.69 Å². The summed E-state index contributed by atoms with van der Waals surface area (Å²) in [6.45, 7) is 6.86. The Hall–Kier alpha value is -1.93. The SMILES string of the molecule is CCCn1c(=O)c2[nH]c(C3(NCCN(C)C)C4CCCC3CC4)nc2n(CCC)c1=O. The van der Waals surface area contributed by atoms with E-state index >= 15 is 0 Å². The largest absolute Gasteiger partial charge is 0.335 e. The van der Waals surface area contributed by atoms with Gasteiger partial charge < -0.3 is 15.2 Å². The van der Waals surface area contributed by atoms with Crippen LogP contribution >= 0.6 is 0 Å². The first-order chi connectivity index (χ1) is 14.9. The molecule has 0 amide bonds. The van der Waals surface area contributed by atoms with E-state index in [-0.39, 0.29) is 16.8 Å². The van der Waals surface area contributed by atoms with Crippen molar-refractivity contribution >= 4 is 11.2 Å². The lowest BCUT2D eigenvalue weighted by Gasteiger charge is -2.43. The molecule has 0 saturated heterocycles. The van der Waals surface area contributed by atoms with Crippen molar-refractivity contribution in [2.45, 2.75) is 77.4 Å². The number of fused-ring (bicyclic) bond motifs is 3. The summed E-state index contributed by atoms with van der Waals surface area (Å²) in [6, 6.07) is 0. The molecule has 4 rings (SSSR count). The van der Waals surface area contributed by atoms with E-state index in [1.165, 1.54) is 36.7 Å². The highest BCUT2D eigenvalue weighted by atomic mass is 16.2. The molecule has 0 aromatic carbocycles. The molecule has 0 spiro atoms. The fraction of sp³-hybridized carbons (Fsp3) is 0.783. The van der Waals surface area contributed by atoms with Gasteiger partial charge in [-0.25, -0.2) is 9.78 Å². The predicted octanol–water partition coefficient (Wildman–Crippen LogP) is 2.26. The minimum Gasteiger partial charge on any atom is -0.335 e. The molecule has 2 aromatic rings. The number of hydrogen-bond donors (Lipinski definition) is 2. The highest BCUT2D eigenvalue weighted by Gasteiger charge is 2.54. The van der Waals surface area contributed by atoms with Gasteiger partial charge in [-0.2, -0.15) is 0 Å². The summed E-state index contributed by atoms with van der Waals surface area (Å²) >= 11 is 0. The van der Waals surface area contributed by atoms with E-state index in [1.54, 1.807) is 4.57 Å². The zero-order valence-electron chi connectivity index (χ0n) is 19.5. The summed E-state index contributed by atoms with van der Waals surface area (Å²) in [6.07, 6.45) is 7.58. The Morgan fingerprint density at radius 1 is 1.06 bits per heavy atom. The molecule has 2 aliphatic rings. The van der Waals surface area contributed by atoms with Crippen LogP contribution < -0.4 is 16.6 Å². The average Bonchev–Trinajstić information content (AvgIpc) is 3.23. The second-order valence-corrected chi connectivity index (χ2v) is 9.68. The van der Waals surface area contributed by atoms with Gasteiger partial charge in [0.25, 0.3) is 5.56 Å². The summed E-state index contributed by atoms with van der Waals surface area (Å²) in [5.74, 6) is 1.89. The molecule has 8 nitrogen and oxygen atoms in total. The second kappa shape index (κ2) is 8.90. The zero-order valence-corrected chi connectivity index (χ0v) is 19.5. The number of nitrogens with zero attached hydrogens (tertiary/aromatic N) is 4. The van der Waals surface area contributed by atoms with E-state index in [9.17, 15) is 9.59 Å². The van der Waals surface area contributed by atoms with Gasteiger partial charge in [-0.05, 0) is 64.5 Å². The van der Waals surface area contributed by atoms with Crippen molar-refractivity contribution in [2.75, 3.05) is 27.2 Å². The van der Waals surface area contributed by atoms with E-state index in [0.29, 0.717) is 36.1 Å². The van der Waals surface area contributed by atoms with Crippen LogP contribution in [0.3, 0.4) is 0 Å². The van der Waals surface area contributed by atoms with Gasteiger partial charge in [-0.1, -0.05) is 20.3 Å². The molecular formula is C23H38N6O2. The Labute approximate surface area is 184 Å². The number of aromatic nitrogens is 4. The number of aromatic amines is 1. The Kier molecular flexibility index (Phi) is 6.40. The summed E-state index contributed by atoms with van der Waals surface area (Å²) in [7, 11) is 4.18. The van der Waals surface area contributed by atoms with Crippen LogP contribution in [0.2, 0.25) is 0 Å². The first-order valence-corrected chi connectivity index (χ1v) is 12.1. The van der Waals surface area contributed by atoms with Crippen LogP contribution in [-0.2, 0) is 18.6 Å². The molecule has 8 heteroatoms. The summed E-state index contributed by atoms with van der Waals surface area (Å²) < 4.78 is 3.08. The zero-order chi connectivity index (χ0) is 22.2. The summed E-state index contributed by atoms with van der Waals surface area (Å²) in [5.41, 5.74) is 0.302. The topological polar surface area (TPSA) is 87.9 Å². The van der Waals surface area contributed by atoms with Gasteiger partial charge in [0.1, 0.15) is 11.3 Å². The quantitative estimate of drug-likeness (QED) is 0.637. The summed E-state index contributed by atoms with van der Waals surface area (Å²) in [5, 5.41) is 3.90. The highest BCUT2D eigenvalue weighted by molar-refractivity contribution is 5.70. The minimum atomic E-state index is -0.237. The van der Waals surface area contributed by atoms with Crippen molar-refractivity contribution in [3.05, 3.63) is 26.7 Å². The Morgan fingerprint density at radius 2 is 1.71 bits per heavy atom. The normalized spacial score (nSPS) is 25.7. The lowest BCUT2D eigenvalue weighted by Crippen LogP contribution is -2.54. The number of hydrogen-bond acceptors (Lipinski definition) is 5. The number of likely N-dealkylation sites (N-methyl/N-ethyl adjacent to an activating group) is 1. The monoisotopic (exact) mass is 430 g/mol. The Morgan fingerprint density at radius 3 is 2.32 bits per heavy atom. The Balaban J connectivity index is 1.88. The number of nitrogens with one attached hydrogen (secondary N) is 2. The van der Waals surface area contributed by atoms with Crippen LogP contribution in [0.15, 0.2) is 9.59 Å². The van der Waals surface area contributed by atoms with Crippen LogP contribution in [0, 0.1) is 11.8 Å². The first kappa shape index (κ1) is 22.3. The van der Waals surface area contributed by atoms with E-state index in [0.717, 1.165) is 31.8 Å². The minimum absolute atomic E-state index is 0.234. The van der Waals surface area contributed by atoms with Gasteiger partial charge in [-0.3, -0.25) is 13.9 Å². The van der Waals surface area contributed by atoms with Gasteiger partial charge in [0.2, 0.25) is 0 Å². The van der Waals surface area contributed by atoms with Gasteiger partial charge in [0.05, 0.1) is 5.54 Å². The smallest absolute Gasteiger partial charge is 0.332 e. The van der Waals surface area contributed by atoms with Gasteiger partial charge in [0.15, 0.2) is 5.65 Å². The van der Waals surface area contributed by atoms with Crippen molar-refractivity contribution in [1.29, 1.82) is 0 Å². The molecule has 0 radical (unpaired) electrons. The van der Waals surface area contributed by atoms with Gasteiger partial charge in [-0.15, -0.1) is 0 Å². The van der Waals surface area contributed by atoms with Crippen LogP contribution in [0.1, 0.15) is 64.6 Å². The van der Waals surface area contributed by atoms with Crippen LogP contribution in [0.4, 0.5) is 0 Å². The maximum atomic E-state index is 13.2. The molecule has 31 heavy (non-hydrogen) atoms. The molecule has 2 atom stereocenters. The molecule has 2 saturated carbocycles. The van der Waals surface area contributed by atoms with Crippen molar-refractivity contribution in [2.24, 2.45) is 11.8 Å². The molecule has 2 heterocycles. The standard InChI is InChI=1S/C23H38N6O2/c1-5-13-28-19-18(20(30)29(14-6-2)22(28)31)25-21(26-19)23(24-12-15-27(3)4)16-8-7-9-17(23)11-10-16/h16-17,24H,5-15H2,1-4H3,(H,25,26). The highest BCUT2D eigenvalue weighted by Crippen LogP contribution is 2.54. The van der Waals surface area contributed by atoms with Crippen molar-refractivity contribution < 1.29 is 0 Å². The third kappa shape index (κ3) is 3.67. The van der Waals surface area contributed by atoms with E-state index < -0.39 is 0 Å². The van der Waals surface area contributed by atoms with Gasteiger partial charge in [0, 0.05) is 26.2 Å². The molecule has 2 N–H and O–H groups in total. The maximum absolute atomic E-state index is 13.2. The van der Waals surface area contributed by atoms with Crippen molar-refractivity contribution in [1.82, 2.24) is 29.3 Å². The third-order valence-electron chi connectivity index (χ3n) is 7.38. The van der Waals surface area contributed by atoms with Crippen molar-refractivity contribution in [3.8, 4) is 0 Å². The molecule has 0 aliphatic heterocycles. The third-order valence-corrected chi connectivity index (χ3v) is 7.38. The molecule has 2 unspecified atom stereocenters. The molecule has 172 valence electrons. The van der Waals surface area contributed by atoms with Crippen LogP contribution in [0.5, 0.6) is 0 Å². The van der Waals surface area contributed by atoms with Crippen molar-refractivity contribution in [3.63, 3.8) is 0 Å². The number of aryl methyl sites for hydroxylation is 1. The molecule has 2 aliphatic carbocycles. The number of rotatable bonds is 9. The predicted molar refractivity (Wildman–Crippen MR) is 123 cm³/mol. The van der Waals surface area contributed by atoms with E-state index in [1.807, 2.05) is 13.8 Å². The lowest BCUT2D eigenvalue weighted by atomic mass is 9.71. The fourth-order valence-electron chi connectivity index (χ4n) is 6.00. The van der Waals surface area contributed by atoms with E-state index in [2.05, 4.69) is 29.3 Å². The van der Waals surface area contributed by atoms with Crippen LogP contribution in [0.25, 0.3) is 11.2 Å². The second-order valence-electron chi connectivity index (χ2n) is 9.68. The molecule has 2 aromatic heterocycles. The van der Waals surface area contributed by atoms with Crippen LogP contribution in [-0.4, -0.2) is 51.2 Å². The number of H-pyrrole nitrogens is 1. The maximum Gasteiger partial charge on any atom is 0.332 e. The number of imidazole rings is 1. The van der Waals surface area contributed by atoms with E-state index in [4.69, 9.17) is 4.98 Å². The summed E-state index contributed by atoms with van der Waals surface area (Å²) in [4.78, 5) is 37.0. The average molecular weight is 431 g/mol. The molecular weight excluding hydrogens is 392 g/mol. The molecule has 2 bridgehead atoms. The molecule has 2 fully saturated rings.